The van der Waals surface area contributed by atoms with Crippen LogP contribution in [0.3, 0.4) is 0 Å². The third kappa shape index (κ3) is 7.94. The second-order valence-electron chi connectivity index (χ2n) is 8.20. The van der Waals surface area contributed by atoms with E-state index in [9.17, 15) is 23.2 Å². The maximum Gasteiger partial charge on any atom is 0.412 e. The summed E-state index contributed by atoms with van der Waals surface area (Å²) in [5.41, 5.74) is 2.80. The lowest BCUT2D eigenvalue weighted by Gasteiger charge is -2.31. The van der Waals surface area contributed by atoms with Gasteiger partial charge in [0.25, 0.3) is 0 Å². The highest BCUT2D eigenvalue weighted by Crippen LogP contribution is 2.17. The zero-order valence-electron chi connectivity index (χ0n) is 20.5. The number of esters is 1. The standard InChI is InChI=1S/C26H28F2N4O5/c1-17(33)32(30-15-20-9-5-11-22(27)25(20)28)21(10-6-12-24(34)36-2)16-37-26(35)31-23-13-18-7-3-4-8-19(18)14-29-23/h3-5,7-9,11,13-14,21,30H,6,10,12,15-16H2,1-2H3,(H,29,31,35)/t21-/m1/s1. The van der Waals surface area contributed by atoms with Crippen molar-refractivity contribution >= 4 is 34.6 Å². The first kappa shape index (κ1) is 27.5. The molecule has 11 heteroatoms. The summed E-state index contributed by atoms with van der Waals surface area (Å²) in [6.45, 7) is 0.851. The topological polar surface area (TPSA) is 110 Å². The van der Waals surface area contributed by atoms with Crippen LogP contribution in [0.1, 0.15) is 31.7 Å². The third-order valence-corrected chi connectivity index (χ3v) is 5.59. The summed E-state index contributed by atoms with van der Waals surface area (Å²) < 4.78 is 37.7. The predicted molar refractivity (Wildman–Crippen MR) is 132 cm³/mol. The highest BCUT2D eigenvalue weighted by Gasteiger charge is 2.24. The first-order valence-electron chi connectivity index (χ1n) is 11.6. The van der Waals surface area contributed by atoms with Crippen LogP contribution in [0.2, 0.25) is 0 Å². The van der Waals surface area contributed by atoms with Crippen LogP contribution in [0.15, 0.2) is 54.7 Å². The average molecular weight is 515 g/mol. The van der Waals surface area contributed by atoms with Gasteiger partial charge in [0.15, 0.2) is 11.6 Å². The summed E-state index contributed by atoms with van der Waals surface area (Å²) in [5, 5.41) is 5.52. The summed E-state index contributed by atoms with van der Waals surface area (Å²) in [4.78, 5) is 40.6. The van der Waals surface area contributed by atoms with Crippen LogP contribution in [-0.4, -0.2) is 47.7 Å². The molecule has 37 heavy (non-hydrogen) atoms. The largest absolute Gasteiger partial charge is 0.469 e. The van der Waals surface area contributed by atoms with E-state index in [0.717, 1.165) is 16.8 Å². The Bertz CT molecular complexity index is 1260. The quantitative estimate of drug-likeness (QED) is 0.290. The van der Waals surface area contributed by atoms with E-state index in [0.29, 0.717) is 6.42 Å². The van der Waals surface area contributed by atoms with E-state index in [-0.39, 0.29) is 37.4 Å². The van der Waals surface area contributed by atoms with Crippen molar-refractivity contribution in [1.82, 2.24) is 15.4 Å². The number of carbonyl (C=O) groups excluding carboxylic acids is 3. The number of fused-ring (bicyclic) bond motifs is 1. The van der Waals surface area contributed by atoms with Crippen LogP contribution >= 0.6 is 0 Å². The summed E-state index contributed by atoms with van der Waals surface area (Å²) in [6.07, 6.45) is 1.50. The van der Waals surface area contributed by atoms with Crippen molar-refractivity contribution in [2.75, 3.05) is 19.0 Å². The Hall–Kier alpha value is -4.12. The molecule has 0 bridgehead atoms. The van der Waals surface area contributed by atoms with E-state index in [2.05, 4.69) is 20.5 Å². The average Bonchev–Trinajstić information content (AvgIpc) is 2.88. The molecular weight excluding hydrogens is 486 g/mol. The van der Waals surface area contributed by atoms with Crippen molar-refractivity contribution in [2.24, 2.45) is 0 Å². The SMILES string of the molecule is COC(=O)CCC[C@H](COC(=O)Nc1cc2ccccc2cn1)N(NCc1cccc(F)c1F)C(C)=O. The molecule has 2 amide bonds. The number of anilines is 1. The monoisotopic (exact) mass is 514 g/mol. The number of rotatable bonds is 11. The second-order valence-corrected chi connectivity index (χ2v) is 8.20. The molecule has 0 saturated carbocycles. The number of hydrogen-bond acceptors (Lipinski definition) is 7. The van der Waals surface area contributed by atoms with Crippen molar-refractivity contribution in [3.8, 4) is 0 Å². The van der Waals surface area contributed by atoms with Gasteiger partial charge in [-0.05, 0) is 30.4 Å². The molecule has 0 spiro atoms. The fourth-order valence-electron chi connectivity index (χ4n) is 3.69. The van der Waals surface area contributed by atoms with Crippen LogP contribution in [-0.2, 0) is 25.6 Å². The van der Waals surface area contributed by atoms with Crippen molar-refractivity contribution in [2.45, 2.75) is 38.8 Å². The van der Waals surface area contributed by atoms with Crippen LogP contribution in [0, 0.1) is 11.6 Å². The Kier molecular flexibility index (Phi) is 9.84. The number of carbonyl (C=O) groups is 3. The van der Waals surface area contributed by atoms with Gasteiger partial charge in [0.2, 0.25) is 5.91 Å². The van der Waals surface area contributed by atoms with E-state index in [4.69, 9.17) is 4.74 Å². The summed E-state index contributed by atoms with van der Waals surface area (Å²) >= 11 is 0. The first-order valence-corrected chi connectivity index (χ1v) is 11.6. The smallest absolute Gasteiger partial charge is 0.412 e. The van der Waals surface area contributed by atoms with E-state index < -0.39 is 35.6 Å². The Balaban J connectivity index is 1.67. The summed E-state index contributed by atoms with van der Waals surface area (Å²) in [7, 11) is 1.27. The zero-order valence-corrected chi connectivity index (χ0v) is 20.5. The Morgan fingerprint density at radius 2 is 1.84 bits per heavy atom. The number of halogens is 2. The van der Waals surface area contributed by atoms with Gasteiger partial charge in [0.1, 0.15) is 12.4 Å². The van der Waals surface area contributed by atoms with Gasteiger partial charge < -0.3 is 9.47 Å². The van der Waals surface area contributed by atoms with Gasteiger partial charge >= 0.3 is 12.1 Å². The molecule has 1 atom stereocenters. The lowest BCUT2D eigenvalue weighted by Crippen LogP contribution is -2.50. The molecule has 0 aliphatic rings. The fraction of sp³-hybridized carbons (Fsp3) is 0.308. The number of aromatic nitrogens is 1. The van der Waals surface area contributed by atoms with Crippen molar-refractivity contribution < 1.29 is 32.6 Å². The first-order chi connectivity index (χ1) is 17.8. The molecule has 0 unspecified atom stereocenters. The Morgan fingerprint density at radius 3 is 2.57 bits per heavy atom. The Morgan fingerprint density at radius 1 is 1.08 bits per heavy atom. The van der Waals surface area contributed by atoms with Crippen LogP contribution in [0.5, 0.6) is 0 Å². The van der Waals surface area contributed by atoms with Crippen LogP contribution in [0.25, 0.3) is 10.8 Å². The molecule has 2 N–H and O–H groups in total. The normalized spacial score (nSPS) is 11.6. The Labute approximate surface area is 212 Å². The van der Waals surface area contributed by atoms with Gasteiger partial charge in [-0.15, -0.1) is 0 Å². The third-order valence-electron chi connectivity index (χ3n) is 5.59. The number of benzene rings is 2. The molecule has 3 rings (SSSR count). The van der Waals surface area contributed by atoms with Crippen LogP contribution in [0.4, 0.5) is 19.4 Å². The molecule has 196 valence electrons. The molecule has 3 aromatic rings. The van der Waals surface area contributed by atoms with E-state index in [1.807, 2.05) is 24.3 Å². The molecule has 0 aliphatic heterocycles. The maximum atomic E-state index is 14.1. The van der Waals surface area contributed by atoms with E-state index in [1.54, 1.807) is 12.3 Å². The molecular formula is C26H28F2N4O5. The number of pyridine rings is 1. The molecule has 1 heterocycles. The lowest BCUT2D eigenvalue weighted by molar-refractivity contribution is -0.140. The number of ether oxygens (including phenoxy) is 2. The minimum atomic E-state index is -1.03. The molecule has 0 fully saturated rings. The molecule has 2 aromatic carbocycles. The number of nitrogens with one attached hydrogen (secondary N) is 2. The zero-order chi connectivity index (χ0) is 26.8. The van der Waals surface area contributed by atoms with Gasteiger partial charge in [-0.1, -0.05) is 36.4 Å². The minimum Gasteiger partial charge on any atom is -0.469 e. The predicted octanol–water partition coefficient (Wildman–Crippen LogP) is 4.33. The fourth-order valence-corrected chi connectivity index (χ4v) is 3.69. The van der Waals surface area contributed by atoms with Crippen molar-refractivity contribution in [1.29, 1.82) is 0 Å². The number of hydrazine groups is 1. The van der Waals surface area contributed by atoms with E-state index in [1.165, 1.54) is 31.2 Å². The highest BCUT2D eigenvalue weighted by molar-refractivity contribution is 5.89. The van der Waals surface area contributed by atoms with Gasteiger partial charge in [-0.25, -0.2) is 24.0 Å². The molecule has 0 radical (unpaired) electrons. The lowest BCUT2D eigenvalue weighted by atomic mass is 10.1. The molecule has 1 aromatic heterocycles. The van der Waals surface area contributed by atoms with Gasteiger partial charge in [0, 0.05) is 37.0 Å². The number of amides is 2. The molecule has 0 saturated heterocycles. The second kappa shape index (κ2) is 13.3. The van der Waals surface area contributed by atoms with Gasteiger partial charge in [-0.2, -0.15) is 0 Å². The van der Waals surface area contributed by atoms with E-state index >= 15 is 0 Å². The van der Waals surface area contributed by atoms with Gasteiger partial charge in [0.05, 0.1) is 13.2 Å². The molecule has 9 nitrogen and oxygen atoms in total. The number of nitrogens with zero attached hydrogens (tertiary/aromatic N) is 2. The van der Waals surface area contributed by atoms with Gasteiger partial charge in [-0.3, -0.25) is 19.9 Å². The van der Waals surface area contributed by atoms with Crippen molar-refractivity contribution in [3.63, 3.8) is 0 Å². The highest BCUT2D eigenvalue weighted by atomic mass is 19.2. The maximum absolute atomic E-state index is 14.1. The molecule has 0 aliphatic carbocycles. The minimum absolute atomic E-state index is 0.0144. The number of methoxy groups -OCH3 is 1. The van der Waals surface area contributed by atoms with Crippen LogP contribution < -0.4 is 10.7 Å². The number of hydrogen-bond donors (Lipinski definition) is 2. The van der Waals surface area contributed by atoms with Crippen molar-refractivity contribution in [3.05, 3.63) is 71.9 Å². The summed E-state index contributed by atoms with van der Waals surface area (Å²) in [5.74, 6) is -2.62. The summed E-state index contributed by atoms with van der Waals surface area (Å²) in [6, 6.07) is 12.2.